The third-order valence-corrected chi connectivity index (χ3v) is 4.05. The van der Waals surface area contributed by atoms with Crippen LogP contribution in [0.2, 0.25) is 0 Å². The number of rotatable bonds is 0. The SMILES string of the molecule is O=C1NC(=S)NC(=O)C1=C1c2ccccc2-c2ccccc21. The van der Waals surface area contributed by atoms with Crippen LogP contribution < -0.4 is 10.6 Å². The van der Waals surface area contributed by atoms with Crippen molar-refractivity contribution in [3.8, 4) is 11.1 Å². The topological polar surface area (TPSA) is 58.2 Å². The second-order valence-corrected chi connectivity index (χ2v) is 5.49. The van der Waals surface area contributed by atoms with Crippen molar-refractivity contribution < 1.29 is 9.59 Å². The Morgan fingerprint density at radius 1 is 0.636 bits per heavy atom. The van der Waals surface area contributed by atoms with E-state index < -0.39 is 11.8 Å². The van der Waals surface area contributed by atoms with Crippen molar-refractivity contribution in [1.29, 1.82) is 0 Å². The summed E-state index contributed by atoms with van der Waals surface area (Å²) in [6.07, 6.45) is 0. The first kappa shape index (κ1) is 12.9. The van der Waals surface area contributed by atoms with Gasteiger partial charge in [-0.15, -0.1) is 0 Å². The van der Waals surface area contributed by atoms with Crippen LogP contribution in [0.3, 0.4) is 0 Å². The Kier molecular flexibility index (Phi) is 2.71. The summed E-state index contributed by atoms with van der Waals surface area (Å²) < 4.78 is 0. The highest BCUT2D eigenvalue weighted by molar-refractivity contribution is 7.80. The van der Waals surface area contributed by atoms with Crippen molar-refractivity contribution in [2.45, 2.75) is 0 Å². The summed E-state index contributed by atoms with van der Waals surface area (Å²) in [4.78, 5) is 24.6. The molecule has 0 saturated carbocycles. The average Bonchev–Trinajstić information content (AvgIpc) is 2.82. The minimum Gasteiger partial charge on any atom is -0.299 e. The molecule has 1 aliphatic carbocycles. The Labute approximate surface area is 131 Å². The first-order valence-electron chi connectivity index (χ1n) is 6.77. The molecule has 4 rings (SSSR count). The highest BCUT2D eigenvalue weighted by atomic mass is 32.1. The molecule has 1 aliphatic heterocycles. The molecular formula is C17H10N2O2S. The zero-order valence-corrected chi connectivity index (χ0v) is 12.2. The number of carbonyl (C=O) groups is 2. The summed E-state index contributed by atoms with van der Waals surface area (Å²) in [5.41, 5.74) is 4.58. The molecular weight excluding hydrogens is 296 g/mol. The molecule has 1 saturated heterocycles. The lowest BCUT2D eigenvalue weighted by Crippen LogP contribution is -2.51. The van der Waals surface area contributed by atoms with E-state index >= 15 is 0 Å². The Morgan fingerprint density at radius 3 is 1.50 bits per heavy atom. The fourth-order valence-electron chi connectivity index (χ4n) is 2.98. The van der Waals surface area contributed by atoms with E-state index in [2.05, 4.69) is 10.6 Å². The molecule has 106 valence electrons. The largest absolute Gasteiger partial charge is 0.299 e. The van der Waals surface area contributed by atoms with Gasteiger partial charge >= 0.3 is 0 Å². The maximum atomic E-state index is 12.3. The quantitative estimate of drug-likeness (QED) is 0.379. The summed E-state index contributed by atoms with van der Waals surface area (Å²) in [5.74, 6) is -0.925. The second-order valence-electron chi connectivity index (χ2n) is 5.08. The van der Waals surface area contributed by atoms with Gasteiger partial charge in [-0.1, -0.05) is 48.5 Å². The summed E-state index contributed by atoms with van der Waals surface area (Å²) >= 11 is 4.86. The predicted molar refractivity (Wildman–Crippen MR) is 86.8 cm³/mol. The number of hydrogen-bond donors (Lipinski definition) is 2. The lowest BCUT2D eigenvalue weighted by molar-refractivity contribution is -0.123. The molecule has 5 heteroatoms. The highest BCUT2D eigenvalue weighted by Crippen LogP contribution is 2.45. The molecule has 0 atom stereocenters. The van der Waals surface area contributed by atoms with Crippen LogP contribution in [0.4, 0.5) is 0 Å². The minimum atomic E-state index is -0.463. The second kappa shape index (κ2) is 4.61. The van der Waals surface area contributed by atoms with Gasteiger partial charge in [-0.05, 0) is 34.5 Å². The van der Waals surface area contributed by atoms with E-state index in [1.54, 1.807) is 0 Å². The predicted octanol–water partition coefficient (Wildman–Crippen LogP) is 2.00. The van der Waals surface area contributed by atoms with E-state index in [0.29, 0.717) is 5.57 Å². The van der Waals surface area contributed by atoms with E-state index in [4.69, 9.17) is 12.2 Å². The van der Waals surface area contributed by atoms with Crippen LogP contribution in [0.15, 0.2) is 54.1 Å². The Morgan fingerprint density at radius 2 is 1.05 bits per heavy atom. The van der Waals surface area contributed by atoms with Gasteiger partial charge in [0.25, 0.3) is 11.8 Å². The fraction of sp³-hybridized carbons (Fsp3) is 0. The Hall–Kier alpha value is -2.79. The van der Waals surface area contributed by atoms with Crippen LogP contribution in [-0.4, -0.2) is 16.9 Å². The Balaban J connectivity index is 2.07. The maximum absolute atomic E-state index is 12.3. The van der Waals surface area contributed by atoms with E-state index in [9.17, 15) is 9.59 Å². The van der Waals surface area contributed by atoms with Crippen LogP contribution in [-0.2, 0) is 9.59 Å². The van der Waals surface area contributed by atoms with Gasteiger partial charge in [0.1, 0.15) is 5.57 Å². The van der Waals surface area contributed by atoms with Gasteiger partial charge < -0.3 is 0 Å². The minimum absolute atomic E-state index is 0.0407. The molecule has 0 unspecified atom stereocenters. The van der Waals surface area contributed by atoms with Gasteiger partial charge in [0, 0.05) is 5.57 Å². The van der Waals surface area contributed by atoms with E-state index in [1.165, 1.54) is 0 Å². The molecule has 0 radical (unpaired) electrons. The zero-order valence-electron chi connectivity index (χ0n) is 11.3. The molecule has 2 aliphatic rings. The summed E-state index contributed by atoms with van der Waals surface area (Å²) in [6.45, 7) is 0. The smallest absolute Gasteiger partial charge is 0.263 e. The number of fused-ring (bicyclic) bond motifs is 3. The lowest BCUT2D eigenvalue weighted by Gasteiger charge is -2.19. The van der Waals surface area contributed by atoms with Crippen LogP contribution in [0.25, 0.3) is 16.7 Å². The van der Waals surface area contributed by atoms with E-state index in [0.717, 1.165) is 22.3 Å². The molecule has 2 aromatic carbocycles. The molecule has 0 bridgehead atoms. The van der Waals surface area contributed by atoms with Crippen molar-refractivity contribution >= 4 is 34.7 Å². The highest BCUT2D eigenvalue weighted by Gasteiger charge is 2.34. The van der Waals surface area contributed by atoms with Crippen LogP contribution in [0, 0.1) is 0 Å². The monoisotopic (exact) mass is 306 g/mol. The molecule has 2 N–H and O–H groups in total. The lowest BCUT2D eigenvalue weighted by atomic mass is 9.96. The average molecular weight is 306 g/mol. The normalized spacial score (nSPS) is 16.1. The van der Waals surface area contributed by atoms with Crippen molar-refractivity contribution in [1.82, 2.24) is 10.6 Å². The van der Waals surface area contributed by atoms with Crippen LogP contribution >= 0.6 is 12.2 Å². The maximum Gasteiger partial charge on any atom is 0.263 e. The van der Waals surface area contributed by atoms with E-state index in [1.807, 2.05) is 48.5 Å². The van der Waals surface area contributed by atoms with Gasteiger partial charge in [-0.25, -0.2) is 0 Å². The number of hydrogen-bond acceptors (Lipinski definition) is 3. The molecule has 2 aromatic rings. The van der Waals surface area contributed by atoms with Gasteiger partial charge in [0.05, 0.1) is 0 Å². The van der Waals surface area contributed by atoms with Crippen molar-refractivity contribution in [2.75, 3.05) is 0 Å². The van der Waals surface area contributed by atoms with Gasteiger partial charge in [-0.3, -0.25) is 20.2 Å². The fourth-order valence-corrected chi connectivity index (χ4v) is 3.16. The molecule has 0 spiro atoms. The van der Waals surface area contributed by atoms with Gasteiger partial charge in [0.2, 0.25) is 0 Å². The van der Waals surface area contributed by atoms with Crippen molar-refractivity contribution in [2.24, 2.45) is 0 Å². The number of thiocarbonyl (C=S) groups is 1. The molecule has 1 fully saturated rings. The molecule has 0 aromatic heterocycles. The van der Waals surface area contributed by atoms with Crippen molar-refractivity contribution in [3.05, 3.63) is 65.2 Å². The summed E-state index contributed by atoms with van der Waals surface area (Å²) in [5, 5.41) is 5.04. The summed E-state index contributed by atoms with van der Waals surface area (Å²) in [6, 6.07) is 15.5. The number of carbonyl (C=O) groups excluding carboxylic acids is 2. The molecule has 2 amide bonds. The van der Waals surface area contributed by atoms with Gasteiger partial charge in [-0.2, -0.15) is 0 Å². The Bertz CT molecular complexity index is 830. The van der Waals surface area contributed by atoms with Crippen molar-refractivity contribution in [3.63, 3.8) is 0 Å². The standard InChI is InChI=1S/C17H10N2O2S/c20-15-14(16(21)19-17(22)18-15)13-11-7-3-1-5-9(11)10-6-2-4-8-12(10)13/h1-8H,(H2,18,19,20,21,22). The third kappa shape index (κ3) is 1.72. The molecule has 4 nitrogen and oxygen atoms in total. The summed E-state index contributed by atoms with van der Waals surface area (Å²) in [7, 11) is 0. The van der Waals surface area contributed by atoms with E-state index in [-0.39, 0.29) is 10.7 Å². The zero-order chi connectivity index (χ0) is 15.3. The third-order valence-electron chi connectivity index (χ3n) is 3.84. The van der Waals surface area contributed by atoms with Crippen LogP contribution in [0.5, 0.6) is 0 Å². The van der Waals surface area contributed by atoms with Gasteiger partial charge in [0.15, 0.2) is 5.11 Å². The number of nitrogens with one attached hydrogen (secondary N) is 2. The van der Waals surface area contributed by atoms with Crippen LogP contribution in [0.1, 0.15) is 11.1 Å². The number of amides is 2. The first-order valence-corrected chi connectivity index (χ1v) is 7.18. The number of benzene rings is 2. The first-order chi connectivity index (χ1) is 10.7. The molecule has 22 heavy (non-hydrogen) atoms. The molecule has 1 heterocycles.